The van der Waals surface area contributed by atoms with Crippen molar-refractivity contribution >= 4 is 5.97 Å². The molecule has 0 heterocycles. The van der Waals surface area contributed by atoms with E-state index in [1.165, 1.54) is 19.2 Å². The fourth-order valence-electron chi connectivity index (χ4n) is 5.53. The van der Waals surface area contributed by atoms with Crippen molar-refractivity contribution in [2.75, 3.05) is 20.3 Å². The molecule has 0 bridgehead atoms. The number of halogens is 1. The number of methoxy groups -OCH3 is 1. The normalized spacial score (nSPS) is 10.8. The summed E-state index contributed by atoms with van der Waals surface area (Å²) in [6.45, 7) is 5.46. The van der Waals surface area contributed by atoms with Crippen molar-refractivity contribution in [1.82, 2.24) is 0 Å². The highest BCUT2D eigenvalue weighted by atomic mass is 19.1. The van der Waals surface area contributed by atoms with Crippen molar-refractivity contribution in [1.29, 1.82) is 0 Å². The van der Waals surface area contributed by atoms with Gasteiger partial charge in [-0.25, -0.2) is 9.18 Å². The SMILES string of the molecule is CCCc1c(C(=O)OC)ccc(OCCCCOc2cc(OCc3ccccc3)c(-c3ccc(F)cc3)cc2CC)c1Oc1ccccc1. The molecule has 0 spiro atoms. The first-order chi connectivity index (χ1) is 24.0. The molecule has 0 saturated carbocycles. The second-order valence-electron chi connectivity index (χ2n) is 11.6. The van der Waals surface area contributed by atoms with Crippen LogP contribution in [0.1, 0.15) is 60.2 Å². The summed E-state index contributed by atoms with van der Waals surface area (Å²) in [6.07, 6.45) is 3.70. The van der Waals surface area contributed by atoms with E-state index in [-0.39, 0.29) is 5.82 Å². The van der Waals surface area contributed by atoms with Gasteiger partial charge in [0.1, 0.15) is 29.7 Å². The van der Waals surface area contributed by atoms with Crippen LogP contribution in [0.2, 0.25) is 0 Å². The summed E-state index contributed by atoms with van der Waals surface area (Å²) >= 11 is 0. The molecular formula is C42H43FO6. The second-order valence-corrected chi connectivity index (χ2v) is 11.6. The number of para-hydroxylation sites is 1. The minimum Gasteiger partial charge on any atom is -0.493 e. The lowest BCUT2D eigenvalue weighted by Gasteiger charge is -2.19. The van der Waals surface area contributed by atoms with Crippen molar-refractivity contribution in [2.24, 2.45) is 0 Å². The van der Waals surface area contributed by atoms with Gasteiger partial charge in [0.15, 0.2) is 11.5 Å². The standard InChI is InChI=1S/C42H43FO6/c1-4-14-35-36(42(44)45-3)23-24-38(41(35)49-34-17-10-7-11-18-34)46-25-12-13-26-47-39-28-40(48-29-30-15-8-6-9-16-30)37(27-31(39)5-2)32-19-21-33(43)22-20-32/h6-11,15-24,27-28H,4-5,12-14,25-26,29H2,1-3H3. The second kappa shape index (κ2) is 17.7. The molecular weight excluding hydrogens is 619 g/mol. The summed E-state index contributed by atoms with van der Waals surface area (Å²) in [7, 11) is 1.38. The molecule has 0 aliphatic carbocycles. The number of rotatable bonds is 17. The van der Waals surface area contributed by atoms with Gasteiger partial charge in [0, 0.05) is 17.2 Å². The van der Waals surface area contributed by atoms with Crippen LogP contribution >= 0.6 is 0 Å². The zero-order valence-electron chi connectivity index (χ0n) is 28.4. The third-order valence-corrected chi connectivity index (χ3v) is 8.08. The number of esters is 1. The minimum atomic E-state index is -0.407. The first-order valence-electron chi connectivity index (χ1n) is 16.8. The Morgan fingerprint density at radius 3 is 2.04 bits per heavy atom. The van der Waals surface area contributed by atoms with Crippen molar-refractivity contribution in [3.63, 3.8) is 0 Å². The van der Waals surface area contributed by atoms with E-state index in [4.69, 9.17) is 23.7 Å². The van der Waals surface area contributed by atoms with Crippen molar-refractivity contribution in [2.45, 2.75) is 52.6 Å². The van der Waals surface area contributed by atoms with Gasteiger partial charge < -0.3 is 23.7 Å². The van der Waals surface area contributed by atoms with Gasteiger partial charge in [0.25, 0.3) is 0 Å². The van der Waals surface area contributed by atoms with Gasteiger partial charge >= 0.3 is 5.97 Å². The topological polar surface area (TPSA) is 63.2 Å². The number of hydrogen-bond acceptors (Lipinski definition) is 6. The molecule has 5 aromatic carbocycles. The molecule has 6 nitrogen and oxygen atoms in total. The average molecular weight is 663 g/mol. The van der Waals surface area contributed by atoms with E-state index >= 15 is 0 Å². The van der Waals surface area contributed by atoms with Crippen molar-refractivity contribution in [3.8, 4) is 39.9 Å². The third-order valence-electron chi connectivity index (χ3n) is 8.08. The van der Waals surface area contributed by atoms with Crippen LogP contribution in [0.15, 0.2) is 109 Å². The number of hydrogen-bond donors (Lipinski definition) is 0. The van der Waals surface area contributed by atoms with Crippen molar-refractivity contribution < 1.29 is 32.9 Å². The molecule has 0 saturated heterocycles. The number of carbonyl (C=O) groups is 1. The van der Waals surface area contributed by atoms with Crippen LogP contribution in [0, 0.1) is 5.82 Å². The van der Waals surface area contributed by atoms with Crippen LogP contribution in [-0.2, 0) is 24.2 Å². The number of unbranched alkanes of at least 4 members (excludes halogenated alkanes) is 1. The van der Waals surface area contributed by atoms with Gasteiger partial charge in [-0.3, -0.25) is 0 Å². The highest BCUT2D eigenvalue weighted by Crippen LogP contribution is 2.39. The van der Waals surface area contributed by atoms with Gasteiger partial charge in [-0.2, -0.15) is 0 Å². The monoisotopic (exact) mass is 662 g/mol. The molecule has 0 aliphatic heterocycles. The molecule has 5 aromatic rings. The highest BCUT2D eigenvalue weighted by Gasteiger charge is 2.21. The third kappa shape index (κ3) is 9.41. The molecule has 0 amide bonds. The molecule has 7 heteroatoms. The Morgan fingerprint density at radius 2 is 1.39 bits per heavy atom. The molecule has 49 heavy (non-hydrogen) atoms. The summed E-state index contributed by atoms with van der Waals surface area (Å²) in [6, 6.07) is 33.4. The number of benzene rings is 5. The first kappa shape index (κ1) is 35.0. The number of ether oxygens (including phenoxy) is 5. The molecule has 0 radical (unpaired) electrons. The van der Waals surface area contributed by atoms with Gasteiger partial charge in [-0.1, -0.05) is 80.9 Å². The van der Waals surface area contributed by atoms with E-state index in [0.29, 0.717) is 54.8 Å². The first-order valence-corrected chi connectivity index (χ1v) is 16.8. The predicted octanol–water partition coefficient (Wildman–Crippen LogP) is 10.4. The summed E-state index contributed by atoms with van der Waals surface area (Å²) in [4.78, 5) is 12.6. The van der Waals surface area contributed by atoms with Gasteiger partial charge in [-0.05, 0) is 84.8 Å². The van der Waals surface area contributed by atoms with Crippen LogP contribution in [0.3, 0.4) is 0 Å². The molecule has 0 fully saturated rings. The summed E-state index contributed by atoms with van der Waals surface area (Å²) < 4.78 is 44.0. The van der Waals surface area contributed by atoms with Gasteiger partial charge in [0.2, 0.25) is 0 Å². The predicted molar refractivity (Wildman–Crippen MR) is 191 cm³/mol. The number of aryl methyl sites for hydroxylation is 1. The zero-order valence-corrected chi connectivity index (χ0v) is 28.4. The number of carbonyl (C=O) groups excluding carboxylic acids is 1. The largest absolute Gasteiger partial charge is 0.493 e. The molecule has 5 rings (SSSR count). The Kier molecular flexibility index (Phi) is 12.7. The molecule has 0 N–H and O–H groups in total. The fraction of sp³-hybridized carbons (Fsp3) is 0.262. The Hall–Kier alpha value is -5.30. The molecule has 0 atom stereocenters. The van der Waals surface area contributed by atoms with E-state index in [9.17, 15) is 9.18 Å². The lowest BCUT2D eigenvalue weighted by molar-refractivity contribution is 0.0599. The molecule has 0 aliphatic rings. The minimum absolute atomic E-state index is 0.283. The lowest BCUT2D eigenvalue weighted by atomic mass is 9.99. The fourth-order valence-corrected chi connectivity index (χ4v) is 5.53. The smallest absolute Gasteiger partial charge is 0.338 e. The summed E-state index contributed by atoms with van der Waals surface area (Å²) in [5, 5.41) is 0. The van der Waals surface area contributed by atoms with Gasteiger partial charge in [-0.15, -0.1) is 0 Å². The maximum atomic E-state index is 13.7. The van der Waals surface area contributed by atoms with E-state index < -0.39 is 5.97 Å². The summed E-state index contributed by atoms with van der Waals surface area (Å²) in [5.74, 6) is 2.51. The average Bonchev–Trinajstić information content (AvgIpc) is 3.14. The van der Waals surface area contributed by atoms with Crippen LogP contribution in [0.5, 0.6) is 28.7 Å². The van der Waals surface area contributed by atoms with Crippen LogP contribution in [0.4, 0.5) is 4.39 Å². The summed E-state index contributed by atoms with van der Waals surface area (Å²) in [5.41, 5.74) is 5.09. The van der Waals surface area contributed by atoms with E-state index in [1.807, 2.05) is 66.7 Å². The quantitative estimate of drug-likeness (QED) is 0.0729. The van der Waals surface area contributed by atoms with E-state index in [2.05, 4.69) is 19.9 Å². The highest BCUT2D eigenvalue weighted by molar-refractivity contribution is 5.92. The maximum Gasteiger partial charge on any atom is 0.338 e. The Labute approximate surface area is 288 Å². The van der Waals surface area contributed by atoms with Crippen molar-refractivity contribution in [3.05, 3.63) is 137 Å². The van der Waals surface area contributed by atoms with E-state index in [1.54, 1.807) is 24.3 Å². The van der Waals surface area contributed by atoms with Gasteiger partial charge in [0.05, 0.1) is 25.9 Å². The Balaban J connectivity index is 1.27. The molecule has 0 aromatic heterocycles. The lowest BCUT2D eigenvalue weighted by Crippen LogP contribution is -2.09. The molecule has 254 valence electrons. The van der Waals surface area contributed by atoms with Crippen LogP contribution < -0.4 is 18.9 Å². The molecule has 0 unspecified atom stereocenters. The van der Waals surface area contributed by atoms with Crippen LogP contribution in [-0.4, -0.2) is 26.3 Å². The maximum absolute atomic E-state index is 13.7. The van der Waals surface area contributed by atoms with E-state index in [0.717, 1.165) is 59.3 Å². The van der Waals surface area contributed by atoms with Crippen LogP contribution in [0.25, 0.3) is 11.1 Å². The Bertz CT molecular complexity index is 1790. The zero-order chi connectivity index (χ0) is 34.4. The Morgan fingerprint density at radius 1 is 0.714 bits per heavy atom.